The van der Waals surface area contributed by atoms with E-state index in [0.717, 1.165) is 31.7 Å². The quantitative estimate of drug-likeness (QED) is 0.785. The first kappa shape index (κ1) is 10.9. The molecule has 0 spiro atoms. The summed E-state index contributed by atoms with van der Waals surface area (Å²) in [4.78, 5) is 22.0. The third kappa shape index (κ3) is 2.29. The molecule has 1 fully saturated rings. The summed E-state index contributed by atoms with van der Waals surface area (Å²) in [5.74, 6) is 1.05. The van der Waals surface area contributed by atoms with E-state index in [0.29, 0.717) is 0 Å². The summed E-state index contributed by atoms with van der Waals surface area (Å²) in [7, 11) is 1.68. The van der Waals surface area contributed by atoms with Crippen LogP contribution in [0.1, 0.15) is 12.8 Å². The molecule has 5 heteroatoms. The maximum atomic E-state index is 11.6. The van der Waals surface area contributed by atoms with Crippen molar-refractivity contribution in [1.82, 2.24) is 15.3 Å². The molecule has 0 radical (unpaired) electrons. The Balaban J connectivity index is 2.05. The lowest BCUT2D eigenvalue weighted by atomic mass is 9.97. The van der Waals surface area contributed by atoms with Gasteiger partial charge in [0.15, 0.2) is 0 Å². The number of hydrogen-bond acceptors (Lipinski definition) is 4. The van der Waals surface area contributed by atoms with Crippen molar-refractivity contribution in [3.63, 3.8) is 0 Å². The predicted octanol–water partition coefficient (Wildman–Crippen LogP) is 0.439. The number of aromatic nitrogens is 2. The van der Waals surface area contributed by atoms with Gasteiger partial charge >= 0.3 is 0 Å². The zero-order valence-corrected chi connectivity index (χ0v) is 9.39. The van der Waals surface area contributed by atoms with Gasteiger partial charge in [0.1, 0.15) is 5.82 Å². The van der Waals surface area contributed by atoms with Gasteiger partial charge in [-0.05, 0) is 12.8 Å². The van der Waals surface area contributed by atoms with Crippen LogP contribution < -0.4 is 10.2 Å². The minimum atomic E-state index is 0.0701. The van der Waals surface area contributed by atoms with Gasteiger partial charge in [0, 0.05) is 32.5 Å². The van der Waals surface area contributed by atoms with E-state index in [2.05, 4.69) is 20.2 Å². The molecule has 1 atom stereocenters. The number of nitrogens with one attached hydrogen (secondary N) is 1. The average Bonchev–Trinajstić information content (AvgIpc) is 2.39. The summed E-state index contributed by atoms with van der Waals surface area (Å²) in [6.07, 6.45) is 7.06. The molecule has 1 aromatic rings. The Morgan fingerprint density at radius 1 is 1.56 bits per heavy atom. The fourth-order valence-electron chi connectivity index (χ4n) is 2.06. The number of anilines is 1. The van der Waals surface area contributed by atoms with E-state index in [9.17, 15) is 4.79 Å². The van der Waals surface area contributed by atoms with Crippen molar-refractivity contribution >= 4 is 11.7 Å². The second-order valence-electron chi connectivity index (χ2n) is 3.96. The first-order chi connectivity index (χ1) is 7.81. The molecule has 1 aromatic heterocycles. The second kappa shape index (κ2) is 4.92. The second-order valence-corrected chi connectivity index (χ2v) is 3.96. The topological polar surface area (TPSA) is 58.1 Å². The summed E-state index contributed by atoms with van der Waals surface area (Å²) in [6.45, 7) is 1.69. The van der Waals surface area contributed by atoms with E-state index < -0.39 is 0 Å². The largest absolute Gasteiger partial charge is 0.359 e. The van der Waals surface area contributed by atoms with Crippen LogP contribution in [0.5, 0.6) is 0 Å². The summed E-state index contributed by atoms with van der Waals surface area (Å²) < 4.78 is 0. The Kier molecular flexibility index (Phi) is 3.34. The zero-order valence-electron chi connectivity index (χ0n) is 9.39. The predicted molar refractivity (Wildman–Crippen MR) is 61.0 cm³/mol. The fraction of sp³-hybridized carbons (Fsp3) is 0.545. The molecule has 86 valence electrons. The molecular weight excluding hydrogens is 204 g/mol. The van der Waals surface area contributed by atoms with Crippen molar-refractivity contribution in [2.24, 2.45) is 5.92 Å². The van der Waals surface area contributed by atoms with Crippen molar-refractivity contribution < 1.29 is 4.79 Å². The van der Waals surface area contributed by atoms with Gasteiger partial charge in [0.2, 0.25) is 5.91 Å². The molecule has 5 nitrogen and oxygen atoms in total. The van der Waals surface area contributed by atoms with Crippen LogP contribution in [0.3, 0.4) is 0 Å². The van der Waals surface area contributed by atoms with Gasteiger partial charge in [-0.3, -0.25) is 9.78 Å². The smallest absolute Gasteiger partial charge is 0.224 e. The molecule has 2 rings (SSSR count). The van der Waals surface area contributed by atoms with Crippen molar-refractivity contribution in [2.75, 3.05) is 25.0 Å². The van der Waals surface area contributed by atoms with Gasteiger partial charge in [-0.2, -0.15) is 0 Å². The van der Waals surface area contributed by atoms with Gasteiger partial charge < -0.3 is 10.2 Å². The van der Waals surface area contributed by atoms with Gasteiger partial charge in [-0.1, -0.05) is 0 Å². The highest BCUT2D eigenvalue weighted by Gasteiger charge is 2.25. The lowest BCUT2D eigenvalue weighted by Gasteiger charge is -2.32. The average molecular weight is 220 g/mol. The molecule has 1 saturated heterocycles. The van der Waals surface area contributed by atoms with Gasteiger partial charge in [0.25, 0.3) is 0 Å². The molecule has 1 aliphatic heterocycles. The molecule has 1 aliphatic rings. The Hall–Kier alpha value is -1.65. The number of rotatable bonds is 2. The summed E-state index contributed by atoms with van der Waals surface area (Å²) >= 11 is 0. The van der Waals surface area contributed by atoms with Crippen molar-refractivity contribution in [3.05, 3.63) is 18.6 Å². The third-order valence-corrected chi connectivity index (χ3v) is 2.91. The minimum Gasteiger partial charge on any atom is -0.359 e. The number of piperidine rings is 1. The van der Waals surface area contributed by atoms with E-state index in [1.165, 1.54) is 0 Å². The molecule has 0 unspecified atom stereocenters. The van der Waals surface area contributed by atoms with Crippen LogP contribution in [0, 0.1) is 5.92 Å². The normalized spacial score (nSPS) is 20.6. The van der Waals surface area contributed by atoms with E-state index in [1.807, 2.05) is 0 Å². The van der Waals surface area contributed by atoms with Crippen molar-refractivity contribution in [1.29, 1.82) is 0 Å². The van der Waals surface area contributed by atoms with Crippen LogP contribution in [-0.2, 0) is 4.79 Å². The SMILES string of the molecule is CNC(=O)[C@@H]1CCCN(c2cnccn2)C1. The van der Waals surface area contributed by atoms with Crippen molar-refractivity contribution in [3.8, 4) is 0 Å². The molecular formula is C11H16N4O. The van der Waals surface area contributed by atoms with Crippen LogP contribution in [0.25, 0.3) is 0 Å². The maximum Gasteiger partial charge on any atom is 0.224 e. The first-order valence-electron chi connectivity index (χ1n) is 5.54. The van der Waals surface area contributed by atoms with Gasteiger partial charge in [0.05, 0.1) is 12.1 Å². The molecule has 0 aromatic carbocycles. The molecule has 1 amide bonds. The number of hydrogen-bond donors (Lipinski definition) is 1. The molecule has 1 N–H and O–H groups in total. The standard InChI is InChI=1S/C11H16N4O/c1-12-11(16)9-3-2-6-15(8-9)10-7-13-4-5-14-10/h4-5,7,9H,2-3,6,8H2,1H3,(H,12,16)/t9-/m1/s1. The van der Waals surface area contributed by atoms with E-state index >= 15 is 0 Å². The lowest BCUT2D eigenvalue weighted by Crippen LogP contribution is -2.42. The van der Waals surface area contributed by atoms with E-state index in [1.54, 1.807) is 25.6 Å². The number of nitrogens with zero attached hydrogens (tertiary/aromatic N) is 3. The first-order valence-corrected chi connectivity index (χ1v) is 5.54. The monoisotopic (exact) mass is 220 g/mol. The highest BCUT2D eigenvalue weighted by molar-refractivity contribution is 5.79. The molecule has 0 aliphatic carbocycles. The van der Waals surface area contributed by atoms with Gasteiger partial charge in [-0.25, -0.2) is 4.98 Å². The number of carbonyl (C=O) groups is 1. The summed E-state index contributed by atoms with van der Waals surface area (Å²) in [6, 6.07) is 0. The van der Waals surface area contributed by atoms with Crippen LogP contribution in [-0.4, -0.2) is 36.0 Å². The Bertz CT molecular complexity index is 354. The Morgan fingerprint density at radius 3 is 3.12 bits per heavy atom. The molecule has 0 saturated carbocycles. The maximum absolute atomic E-state index is 11.6. The van der Waals surface area contributed by atoms with Crippen LogP contribution in [0.2, 0.25) is 0 Å². The highest BCUT2D eigenvalue weighted by Crippen LogP contribution is 2.20. The van der Waals surface area contributed by atoms with E-state index in [4.69, 9.17) is 0 Å². The fourth-order valence-corrected chi connectivity index (χ4v) is 2.06. The zero-order chi connectivity index (χ0) is 11.4. The van der Waals surface area contributed by atoms with Crippen LogP contribution >= 0.6 is 0 Å². The van der Waals surface area contributed by atoms with Crippen molar-refractivity contribution in [2.45, 2.75) is 12.8 Å². The Labute approximate surface area is 94.9 Å². The lowest BCUT2D eigenvalue weighted by molar-refractivity contribution is -0.124. The Morgan fingerprint density at radius 2 is 2.44 bits per heavy atom. The highest BCUT2D eigenvalue weighted by atomic mass is 16.1. The van der Waals surface area contributed by atoms with Crippen LogP contribution in [0.4, 0.5) is 5.82 Å². The third-order valence-electron chi connectivity index (χ3n) is 2.91. The van der Waals surface area contributed by atoms with Crippen LogP contribution in [0.15, 0.2) is 18.6 Å². The van der Waals surface area contributed by atoms with E-state index in [-0.39, 0.29) is 11.8 Å². The molecule has 0 bridgehead atoms. The molecule has 2 heterocycles. The number of amides is 1. The summed E-state index contributed by atoms with van der Waals surface area (Å²) in [5, 5.41) is 2.71. The minimum absolute atomic E-state index is 0.0701. The van der Waals surface area contributed by atoms with Gasteiger partial charge in [-0.15, -0.1) is 0 Å². The molecule has 16 heavy (non-hydrogen) atoms. The summed E-state index contributed by atoms with van der Waals surface area (Å²) in [5.41, 5.74) is 0. The number of carbonyl (C=O) groups excluding carboxylic acids is 1.